The highest BCUT2D eigenvalue weighted by Crippen LogP contribution is 2.31. The first-order valence-corrected chi connectivity index (χ1v) is 12.5. The molecule has 3 aromatic rings. The predicted molar refractivity (Wildman–Crippen MR) is 130 cm³/mol. The van der Waals surface area contributed by atoms with Crippen molar-refractivity contribution in [2.24, 2.45) is 0 Å². The van der Waals surface area contributed by atoms with Crippen LogP contribution >= 0.6 is 0 Å². The Morgan fingerprint density at radius 1 is 1.03 bits per heavy atom. The van der Waals surface area contributed by atoms with Crippen LogP contribution in [0.25, 0.3) is 11.3 Å². The van der Waals surface area contributed by atoms with E-state index in [0.717, 1.165) is 48.2 Å². The number of aromatic nitrogens is 1. The summed E-state index contributed by atoms with van der Waals surface area (Å²) in [5, 5.41) is 2.90. The minimum absolute atomic E-state index is 0.212. The van der Waals surface area contributed by atoms with E-state index in [1.165, 1.54) is 12.1 Å². The number of benzene rings is 2. The monoisotopic (exact) mass is 453 g/mol. The second-order valence-corrected chi connectivity index (χ2v) is 10.4. The summed E-state index contributed by atoms with van der Waals surface area (Å²) in [5.74, 6) is -0.212. The Kier molecular flexibility index (Phi) is 7.21. The summed E-state index contributed by atoms with van der Waals surface area (Å²) in [5.41, 5.74) is 5.42. The summed E-state index contributed by atoms with van der Waals surface area (Å²) in [6.45, 7) is 5.82. The Morgan fingerprint density at radius 2 is 1.69 bits per heavy atom. The van der Waals surface area contributed by atoms with E-state index in [0.29, 0.717) is 11.3 Å². The van der Waals surface area contributed by atoms with Gasteiger partial charge in [0, 0.05) is 30.2 Å². The highest BCUT2D eigenvalue weighted by Gasteiger charge is 2.20. The molecule has 0 aliphatic rings. The number of carbonyl (C=O) groups excluding carboxylic acids is 1. The lowest BCUT2D eigenvalue weighted by Gasteiger charge is -2.14. The number of hydrogen-bond donors (Lipinski definition) is 1. The van der Waals surface area contributed by atoms with Gasteiger partial charge in [-0.05, 0) is 76.3 Å². The molecule has 3 rings (SSSR count). The van der Waals surface area contributed by atoms with Crippen molar-refractivity contribution in [3.63, 3.8) is 0 Å². The van der Waals surface area contributed by atoms with Gasteiger partial charge in [-0.3, -0.25) is 4.79 Å². The minimum atomic E-state index is -3.28. The Hall–Kier alpha value is -2.90. The average Bonchev–Trinajstić information content (AvgIpc) is 3.04. The van der Waals surface area contributed by atoms with Crippen LogP contribution in [0.5, 0.6) is 0 Å². The first-order valence-electron chi connectivity index (χ1n) is 10.6. The second kappa shape index (κ2) is 9.71. The second-order valence-electron chi connectivity index (χ2n) is 8.43. The Labute approximate surface area is 190 Å². The Balaban J connectivity index is 1.93. The van der Waals surface area contributed by atoms with Gasteiger partial charge in [-0.25, -0.2) is 8.42 Å². The van der Waals surface area contributed by atoms with E-state index in [-0.39, 0.29) is 10.8 Å². The molecule has 0 aliphatic carbocycles. The van der Waals surface area contributed by atoms with Crippen molar-refractivity contribution in [2.75, 3.05) is 32.2 Å². The van der Waals surface area contributed by atoms with Crippen molar-refractivity contribution >= 4 is 21.4 Å². The number of nitrogens with one attached hydrogen (secondary N) is 1. The first kappa shape index (κ1) is 23.8. The fourth-order valence-electron chi connectivity index (χ4n) is 3.80. The Bertz CT molecular complexity index is 1210. The molecule has 1 heterocycles. The zero-order valence-electron chi connectivity index (χ0n) is 19.3. The molecule has 0 saturated carbocycles. The van der Waals surface area contributed by atoms with E-state index in [1.807, 2.05) is 25.3 Å². The van der Waals surface area contributed by atoms with E-state index in [2.05, 4.69) is 47.9 Å². The molecule has 1 N–H and O–H groups in total. The third-order valence-corrected chi connectivity index (χ3v) is 6.65. The van der Waals surface area contributed by atoms with Gasteiger partial charge in [-0.2, -0.15) is 0 Å². The van der Waals surface area contributed by atoms with E-state index < -0.39 is 9.84 Å². The molecule has 1 amide bonds. The number of hydrogen-bond acceptors (Lipinski definition) is 4. The maximum absolute atomic E-state index is 13.1. The number of carbonyl (C=O) groups is 1. The van der Waals surface area contributed by atoms with Gasteiger partial charge < -0.3 is 14.8 Å². The van der Waals surface area contributed by atoms with Gasteiger partial charge >= 0.3 is 0 Å². The van der Waals surface area contributed by atoms with Crippen molar-refractivity contribution in [2.45, 2.75) is 31.7 Å². The molecule has 6 nitrogen and oxygen atoms in total. The SMILES string of the molecule is Cc1ccccc1-c1c(C)c(C(=O)Nc2ccc(S(C)(=O)=O)cc2)cn1CCCN(C)C. The van der Waals surface area contributed by atoms with E-state index in [4.69, 9.17) is 0 Å². The van der Waals surface area contributed by atoms with Gasteiger partial charge in [0.25, 0.3) is 5.91 Å². The van der Waals surface area contributed by atoms with Crippen LogP contribution in [0.4, 0.5) is 5.69 Å². The zero-order chi connectivity index (χ0) is 23.5. The van der Waals surface area contributed by atoms with Gasteiger partial charge in [0.1, 0.15) is 0 Å². The first-order chi connectivity index (χ1) is 15.1. The largest absolute Gasteiger partial charge is 0.346 e. The van der Waals surface area contributed by atoms with Crippen LogP contribution in [-0.2, 0) is 16.4 Å². The van der Waals surface area contributed by atoms with Crippen molar-refractivity contribution in [3.8, 4) is 11.3 Å². The number of amides is 1. The highest BCUT2D eigenvalue weighted by atomic mass is 32.2. The van der Waals surface area contributed by atoms with E-state index in [1.54, 1.807) is 12.1 Å². The standard InChI is InChI=1S/C25H31N3O3S/c1-18-9-6-7-10-22(18)24-19(2)23(17-28(24)16-8-15-27(3)4)25(29)26-20-11-13-21(14-12-20)32(5,30)31/h6-7,9-14,17H,8,15-16H2,1-5H3,(H,26,29). The third-order valence-electron chi connectivity index (χ3n) is 5.52. The molecular weight excluding hydrogens is 422 g/mol. The maximum atomic E-state index is 13.1. The van der Waals surface area contributed by atoms with Crippen LogP contribution < -0.4 is 5.32 Å². The summed E-state index contributed by atoms with van der Waals surface area (Å²) in [4.78, 5) is 15.5. The number of nitrogens with zero attached hydrogens (tertiary/aromatic N) is 2. The molecule has 1 aromatic heterocycles. The van der Waals surface area contributed by atoms with E-state index in [9.17, 15) is 13.2 Å². The molecule has 0 saturated heterocycles. The van der Waals surface area contributed by atoms with Crippen LogP contribution in [-0.4, -0.2) is 50.7 Å². The smallest absolute Gasteiger partial charge is 0.257 e. The molecular formula is C25H31N3O3S. The lowest BCUT2D eigenvalue weighted by atomic mass is 10.0. The third kappa shape index (κ3) is 5.47. The zero-order valence-corrected chi connectivity index (χ0v) is 20.2. The molecule has 32 heavy (non-hydrogen) atoms. The molecule has 0 radical (unpaired) electrons. The quantitative estimate of drug-likeness (QED) is 0.549. The average molecular weight is 454 g/mol. The lowest BCUT2D eigenvalue weighted by molar-refractivity contribution is 0.102. The molecule has 0 aliphatic heterocycles. The summed E-state index contributed by atoms with van der Waals surface area (Å²) in [6, 6.07) is 14.4. The number of sulfone groups is 1. The maximum Gasteiger partial charge on any atom is 0.257 e. The summed E-state index contributed by atoms with van der Waals surface area (Å²) < 4.78 is 25.5. The van der Waals surface area contributed by atoms with E-state index >= 15 is 0 Å². The minimum Gasteiger partial charge on any atom is -0.346 e. The predicted octanol–water partition coefficient (Wildman–Crippen LogP) is 4.38. The molecule has 170 valence electrons. The van der Waals surface area contributed by atoms with Crippen LogP contribution in [0, 0.1) is 13.8 Å². The molecule has 0 unspecified atom stereocenters. The topological polar surface area (TPSA) is 71.4 Å². The summed E-state index contributed by atoms with van der Waals surface area (Å²) >= 11 is 0. The number of anilines is 1. The Morgan fingerprint density at radius 3 is 2.28 bits per heavy atom. The molecule has 0 fully saturated rings. The summed E-state index contributed by atoms with van der Waals surface area (Å²) in [7, 11) is 0.827. The molecule has 7 heteroatoms. The van der Waals surface area contributed by atoms with Crippen molar-refractivity contribution in [1.29, 1.82) is 0 Å². The van der Waals surface area contributed by atoms with Gasteiger partial charge in [0.2, 0.25) is 0 Å². The van der Waals surface area contributed by atoms with Crippen LogP contribution in [0.2, 0.25) is 0 Å². The molecule has 2 aromatic carbocycles. The summed E-state index contributed by atoms with van der Waals surface area (Å²) in [6.07, 6.45) is 4.05. The molecule has 0 atom stereocenters. The fourth-order valence-corrected chi connectivity index (χ4v) is 4.43. The normalized spacial score (nSPS) is 11.7. The van der Waals surface area contributed by atoms with Gasteiger partial charge in [0.15, 0.2) is 9.84 Å². The van der Waals surface area contributed by atoms with Gasteiger partial charge in [-0.15, -0.1) is 0 Å². The molecule has 0 bridgehead atoms. The van der Waals surface area contributed by atoms with Gasteiger partial charge in [0.05, 0.1) is 16.2 Å². The van der Waals surface area contributed by atoms with Gasteiger partial charge in [-0.1, -0.05) is 24.3 Å². The highest BCUT2D eigenvalue weighted by molar-refractivity contribution is 7.90. The lowest BCUT2D eigenvalue weighted by Crippen LogP contribution is -2.15. The van der Waals surface area contributed by atoms with Crippen LogP contribution in [0.3, 0.4) is 0 Å². The van der Waals surface area contributed by atoms with Crippen LogP contribution in [0.1, 0.15) is 27.9 Å². The molecule has 0 spiro atoms. The van der Waals surface area contributed by atoms with Crippen molar-refractivity contribution < 1.29 is 13.2 Å². The number of aryl methyl sites for hydroxylation is 2. The van der Waals surface area contributed by atoms with Crippen LogP contribution in [0.15, 0.2) is 59.6 Å². The van der Waals surface area contributed by atoms with Crippen molar-refractivity contribution in [3.05, 3.63) is 71.4 Å². The fraction of sp³-hybridized carbons (Fsp3) is 0.320. The number of rotatable bonds is 8. The van der Waals surface area contributed by atoms with Crippen molar-refractivity contribution in [1.82, 2.24) is 9.47 Å².